The third-order valence-electron chi connectivity index (χ3n) is 4.24. The van der Waals surface area contributed by atoms with E-state index >= 15 is 0 Å². The third-order valence-corrected chi connectivity index (χ3v) is 4.24. The van der Waals surface area contributed by atoms with Crippen LogP contribution in [0.4, 0.5) is 0 Å². The van der Waals surface area contributed by atoms with Crippen molar-refractivity contribution in [3.8, 4) is 16.9 Å². The van der Waals surface area contributed by atoms with Crippen molar-refractivity contribution in [1.82, 2.24) is 5.32 Å². The Bertz CT molecular complexity index is 646. The highest BCUT2D eigenvalue weighted by atomic mass is 16.5. The zero-order valence-electron chi connectivity index (χ0n) is 12.8. The van der Waals surface area contributed by atoms with Crippen molar-refractivity contribution >= 4 is 5.91 Å². The summed E-state index contributed by atoms with van der Waals surface area (Å²) >= 11 is 0. The van der Waals surface area contributed by atoms with Crippen molar-refractivity contribution in [2.24, 2.45) is 0 Å². The van der Waals surface area contributed by atoms with E-state index in [1.165, 1.54) is 12.8 Å². The molecule has 1 fully saturated rings. The van der Waals surface area contributed by atoms with Gasteiger partial charge in [0.05, 0.1) is 7.11 Å². The number of carbonyl (C=O) groups is 1. The Morgan fingerprint density at radius 1 is 1.09 bits per heavy atom. The Morgan fingerprint density at radius 2 is 1.82 bits per heavy atom. The highest BCUT2D eigenvalue weighted by Gasteiger charge is 2.19. The number of hydrogen-bond acceptors (Lipinski definition) is 2. The van der Waals surface area contributed by atoms with Gasteiger partial charge < -0.3 is 10.1 Å². The molecular formula is C19H21NO2. The summed E-state index contributed by atoms with van der Waals surface area (Å²) in [6, 6.07) is 15.9. The summed E-state index contributed by atoms with van der Waals surface area (Å²) in [6.45, 7) is 0. The van der Waals surface area contributed by atoms with Gasteiger partial charge in [0.25, 0.3) is 5.91 Å². The number of ether oxygens (including phenoxy) is 1. The fourth-order valence-electron chi connectivity index (χ4n) is 3.03. The monoisotopic (exact) mass is 295 g/mol. The van der Waals surface area contributed by atoms with Crippen LogP contribution < -0.4 is 10.1 Å². The van der Waals surface area contributed by atoms with Crippen LogP contribution in [-0.4, -0.2) is 19.1 Å². The maximum absolute atomic E-state index is 12.4. The summed E-state index contributed by atoms with van der Waals surface area (Å²) in [5.41, 5.74) is 2.68. The second kappa shape index (κ2) is 6.65. The predicted molar refractivity (Wildman–Crippen MR) is 88.2 cm³/mol. The first-order chi connectivity index (χ1) is 10.8. The molecule has 0 spiro atoms. The minimum atomic E-state index is 0.00624. The van der Waals surface area contributed by atoms with Crippen LogP contribution in [0, 0.1) is 0 Å². The van der Waals surface area contributed by atoms with E-state index in [0.717, 1.165) is 29.7 Å². The van der Waals surface area contributed by atoms with Crippen molar-refractivity contribution in [3.05, 3.63) is 54.1 Å². The van der Waals surface area contributed by atoms with Crippen molar-refractivity contribution in [2.45, 2.75) is 31.7 Å². The molecule has 1 amide bonds. The van der Waals surface area contributed by atoms with Crippen LogP contribution in [0.5, 0.6) is 5.75 Å². The van der Waals surface area contributed by atoms with E-state index in [0.29, 0.717) is 11.6 Å². The number of nitrogens with one attached hydrogen (secondary N) is 1. The molecule has 0 aromatic heterocycles. The van der Waals surface area contributed by atoms with Crippen LogP contribution in [0.2, 0.25) is 0 Å². The lowest BCUT2D eigenvalue weighted by molar-refractivity contribution is 0.0938. The lowest BCUT2D eigenvalue weighted by Crippen LogP contribution is -2.32. The quantitative estimate of drug-likeness (QED) is 0.924. The van der Waals surface area contributed by atoms with E-state index in [-0.39, 0.29) is 5.91 Å². The molecule has 2 aromatic rings. The van der Waals surface area contributed by atoms with Gasteiger partial charge in [-0.15, -0.1) is 0 Å². The fourth-order valence-corrected chi connectivity index (χ4v) is 3.03. The van der Waals surface area contributed by atoms with Crippen LogP contribution in [0.1, 0.15) is 36.0 Å². The standard InChI is InChI=1S/C19H21NO2/c1-22-18-12-11-15(19(21)20-16-9-5-6-10-16)13-17(18)14-7-3-2-4-8-14/h2-4,7-8,11-13,16H,5-6,9-10H2,1H3,(H,20,21). The minimum Gasteiger partial charge on any atom is -0.496 e. The summed E-state index contributed by atoms with van der Waals surface area (Å²) in [5.74, 6) is 0.787. The number of methoxy groups -OCH3 is 1. The van der Waals surface area contributed by atoms with Gasteiger partial charge in [-0.1, -0.05) is 43.2 Å². The van der Waals surface area contributed by atoms with Gasteiger partial charge in [0, 0.05) is 17.2 Å². The summed E-state index contributed by atoms with van der Waals surface area (Å²) in [4.78, 5) is 12.4. The third kappa shape index (κ3) is 3.14. The zero-order chi connectivity index (χ0) is 15.4. The van der Waals surface area contributed by atoms with Gasteiger partial charge in [0.2, 0.25) is 0 Å². The van der Waals surface area contributed by atoms with Gasteiger partial charge in [-0.2, -0.15) is 0 Å². The average molecular weight is 295 g/mol. The average Bonchev–Trinajstić information content (AvgIpc) is 3.08. The number of carbonyl (C=O) groups excluding carboxylic acids is 1. The van der Waals surface area contributed by atoms with Gasteiger partial charge in [0.1, 0.15) is 5.75 Å². The van der Waals surface area contributed by atoms with Gasteiger partial charge in [-0.25, -0.2) is 0 Å². The molecule has 0 atom stereocenters. The Labute approximate surface area is 131 Å². The van der Waals surface area contributed by atoms with Crippen molar-refractivity contribution in [2.75, 3.05) is 7.11 Å². The number of hydrogen-bond donors (Lipinski definition) is 1. The van der Waals surface area contributed by atoms with Gasteiger partial charge in [-0.05, 0) is 36.6 Å². The molecule has 3 heteroatoms. The number of amides is 1. The second-order valence-electron chi connectivity index (χ2n) is 5.74. The van der Waals surface area contributed by atoms with Crippen LogP contribution in [0.25, 0.3) is 11.1 Å². The predicted octanol–water partition coefficient (Wildman–Crippen LogP) is 4.03. The highest BCUT2D eigenvalue weighted by molar-refractivity contribution is 5.96. The van der Waals surface area contributed by atoms with Crippen molar-refractivity contribution in [1.29, 1.82) is 0 Å². The Morgan fingerprint density at radius 3 is 2.50 bits per heavy atom. The molecule has 1 N–H and O–H groups in total. The summed E-state index contributed by atoms with van der Waals surface area (Å²) in [6.07, 6.45) is 4.60. The lowest BCUT2D eigenvalue weighted by atomic mass is 10.0. The van der Waals surface area contributed by atoms with Gasteiger partial charge in [0.15, 0.2) is 0 Å². The summed E-state index contributed by atoms with van der Waals surface area (Å²) < 4.78 is 5.44. The highest BCUT2D eigenvalue weighted by Crippen LogP contribution is 2.31. The van der Waals surface area contributed by atoms with Crippen LogP contribution in [0.3, 0.4) is 0 Å². The van der Waals surface area contributed by atoms with E-state index in [2.05, 4.69) is 5.32 Å². The van der Waals surface area contributed by atoms with Crippen molar-refractivity contribution < 1.29 is 9.53 Å². The maximum Gasteiger partial charge on any atom is 0.251 e. The molecule has 114 valence electrons. The molecule has 3 nitrogen and oxygen atoms in total. The first kappa shape index (κ1) is 14.6. The Hall–Kier alpha value is -2.29. The van der Waals surface area contributed by atoms with Crippen LogP contribution in [-0.2, 0) is 0 Å². The first-order valence-electron chi connectivity index (χ1n) is 7.82. The fraction of sp³-hybridized carbons (Fsp3) is 0.316. The molecule has 1 aliphatic carbocycles. The minimum absolute atomic E-state index is 0.00624. The molecule has 0 heterocycles. The lowest BCUT2D eigenvalue weighted by Gasteiger charge is -2.14. The zero-order valence-corrected chi connectivity index (χ0v) is 12.8. The molecule has 3 rings (SSSR count). The van der Waals surface area contributed by atoms with Gasteiger partial charge >= 0.3 is 0 Å². The van der Waals surface area contributed by atoms with Crippen LogP contribution >= 0.6 is 0 Å². The smallest absolute Gasteiger partial charge is 0.251 e. The van der Waals surface area contributed by atoms with E-state index < -0.39 is 0 Å². The van der Waals surface area contributed by atoms with E-state index in [4.69, 9.17) is 4.74 Å². The molecule has 0 saturated heterocycles. The molecule has 2 aromatic carbocycles. The summed E-state index contributed by atoms with van der Waals surface area (Å²) in [5, 5.41) is 3.13. The molecular weight excluding hydrogens is 274 g/mol. The number of rotatable bonds is 4. The molecule has 1 saturated carbocycles. The molecule has 1 aliphatic rings. The SMILES string of the molecule is COc1ccc(C(=O)NC2CCCC2)cc1-c1ccccc1. The largest absolute Gasteiger partial charge is 0.496 e. The van der Waals surface area contributed by atoms with Crippen molar-refractivity contribution in [3.63, 3.8) is 0 Å². The number of benzene rings is 2. The van der Waals surface area contributed by atoms with E-state index in [9.17, 15) is 4.79 Å². The summed E-state index contributed by atoms with van der Waals surface area (Å²) in [7, 11) is 1.65. The first-order valence-corrected chi connectivity index (χ1v) is 7.82. The second-order valence-corrected chi connectivity index (χ2v) is 5.74. The Balaban J connectivity index is 1.88. The molecule has 0 radical (unpaired) electrons. The molecule has 0 aliphatic heterocycles. The van der Waals surface area contributed by atoms with E-state index in [1.54, 1.807) is 7.11 Å². The topological polar surface area (TPSA) is 38.3 Å². The normalized spacial score (nSPS) is 14.8. The van der Waals surface area contributed by atoms with E-state index in [1.807, 2.05) is 48.5 Å². The van der Waals surface area contributed by atoms with Crippen LogP contribution in [0.15, 0.2) is 48.5 Å². The molecule has 22 heavy (non-hydrogen) atoms. The van der Waals surface area contributed by atoms with Gasteiger partial charge in [-0.3, -0.25) is 4.79 Å². The molecule has 0 unspecified atom stereocenters. The maximum atomic E-state index is 12.4. The Kier molecular flexibility index (Phi) is 4.42. The molecule has 0 bridgehead atoms.